The lowest BCUT2D eigenvalue weighted by molar-refractivity contribution is 0.531. The lowest BCUT2D eigenvalue weighted by Crippen LogP contribution is -1.97. The van der Waals surface area contributed by atoms with Crippen LogP contribution < -0.4 is 5.32 Å². The van der Waals surface area contributed by atoms with E-state index in [0.29, 0.717) is 6.54 Å². The fraction of sp³-hybridized carbons (Fsp3) is 0.0800. The number of aryl methyl sites for hydroxylation is 1. The third-order valence-corrected chi connectivity index (χ3v) is 6.53. The Balaban J connectivity index is 1.26. The SMILES string of the molecule is Cc1ccc2nc(-c3ccc(NCc4ccc(-c5ccc(Br)cc5)o4)cc3)sc2c1. The fourth-order valence-corrected chi connectivity index (χ4v) is 4.65. The van der Waals surface area contributed by atoms with E-state index in [9.17, 15) is 0 Å². The topological polar surface area (TPSA) is 38.1 Å². The van der Waals surface area contributed by atoms with Gasteiger partial charge < -0.3 is 9.73 Å². The zero-order valence-corrected chi connectivity index (χ0v) is 18.8. The van der Waals surface area contributed by atoms with Gasteiger partial charge in [-0.3, -0.25) is 0 Å². The highest BCUT2D eigenvalue weighted by atomic mass is 79.9. The van der Waals surface area contributed by atoms with Crippen molar-refractivity contribution in [2.24, 2.45) is 0 Å². The first kappa shape index (κ1) is 19.1. The van der Waals surface area contributed by atoms with Crippen molar-refractivity contribution in [2.75, 3.05) is 5.32 Å². The maximum absolute atomic E-state index is 5.98. The van der Waals surface area contributed by atoms with E-state index >= 15 is 0 Å². The number of furan rings is 1. The summed E-state index contributed by atoms with van der Waals surface area (Å²) in [5, 5.41) is 4.48. The molecule has 0 atom stereocenters. The summed E-state index contributed by atoms with van der Waals surface area (Å²) in [5.74, 6) is 1.78. The largest absolute Gasteiger partial charge is 0.459 e. The number of anilines is 1. The van der Waals surface area contributed by atoms with E-state index in [1.807, 2.05) is 36.4 Å². The summed E-state index contributed by atoms with van der Waals surface area (Å²) < 4.78 is 8.27. The van der Waals surface area contributed by atoms with Crippen LogP contribution in [0.1, 0.15) is 11.3 Å². The third kappa shape index (κ3) is 4.04. The van der Waals surface area contributed by atoms with Crippen molar-refractivity contribution in [1.82, 2.24) is 4.98 Å². The fourth-order valence-electron chi connectivity index (χ4n) is 3.32. The number of fused-ring (bicyclic) bond motifs is 1. The molecule has 0 bridgehead atoms. The summed E-state index contributed by atoms with van der Waals surface area (Å²) in [6, 6.07) is 26.9. The number of halogens is 1. The van der Waals surface area contributed by atoms with Crippen LogP contribution in [0.5, 0.6) is 0 Å². The Bertz CT molecular complexity index is 1300. The average molecular weight is 475 g/mol. The third-order valence-electron chi connectivity index (χ3n) is 4.93. The second kappa shape index (κ2) is 8.09. The van der Waals surface area contributed by atoms with E-state index in [-0.39, 0.29) is 0 Å². The van der Waals surface area contributed by atoms with Crippen LogP contribution in [0, 0.1) is 6.92 Å². The molecular formula is C25H19BrN2OS. The monoisotopic (exact) mass is 474 g/mol. The van der Waals surface area contributed by atoms with Crippen LogP contribution in [-0.2, 0) is 6.54 Å². The minimum absolute atomic E-state index is 0.635. The van der Waals surface area contributed by atoms with Crippen LogP contribution in [0.15, 0.2) is 87.8 Å². The number of nitrogens with zero attached hydrogens (tertiary/aromatic N) is 1. The molecule has 0 saturated heterocycles. The van der Waals surface area contributed by atoms with E-state index in [1.165, 1.54) is 10.3 Å². The average Bonchev–Trinajstić information content (AvgIpc) is 3.40. The molecule has 5 rings (SSSR count). The Morgan fingerprint density at radius 1 is 0.900 bits per heavy atom. The Labute approximate surface area is 187 Å². The lowest BCUT2D eigenvalue weighted by atomic mass is 10.2. The first-order valence-electron chi connectivity index (χ1n) is 9.70. The molecule has 0 radical (unpaired) electrons. The molecule has 2 aromatic heterocycles. The molecular weight excluding hydrogens is 456 g/mol. The number of thiazole rings is 1. The van der Waals surface area contributed by atoms with Crippen molar-refractivity contribution >= 4 is 43.2 Å². The number of rotatable bonds is 5. The maximum atomic E-state index is 5.98. The van der Waals surface area contributed by atoms with Crippen LogP contribution in [0.4, 0.5) is 5.69 Å². The van der Waals surface area contributed by atoms with Crippen LogP contribution in [-0.4, -0.2) is 4.98 Å². The molecule has 0 fully saturated rings. The van der Waals surface area contributed by atoms with Crippen molar-refractivity contribution in [3.8, 4) is 21.9 Å². The Hall–Kier alpha value is -2.89. The number of benzene rings is 3. The molecule has 0 aliphatic heterocycles. The minimum atomic E-state index is 0.635. The second-order valence-corrected chi connectivity index (χ2v) is 9.14. The van der Waals surface area contributed by atoms with Gasteiger partial charge in [-0.05, 0) is 73.2 Å². The number of aromatic nitrogens is 1. The van der Waals surface area contributed by atoms with Crippen molar-refractivity contribution < 1.29 is 4.42 Å². The molecule has 2 heterocycles. The van der Waals surface area contributed by atoms with Gasteiger partial charge in [0.15, 0.2) is 0 Å². The smallest absolute Gasteiger partial charge is 0.134 e. The molecule has 5 heteroatoms. The summed E-state index contributed by atoms with van der Waals surface area (Å²) in [5.41, 5.74) is 5.58. The molecule has 148 valence electrons. The van der Waals surface area contributed by atoms with Crippen LogP contribution in [0.2, 0.25) is 0 Å². The summed E-state index contributed by atoms with van der Waals surface area (Å²) in [7, 11) is 0. The van der Waals surface area contributed by atoms with Gasteiger partial charge in [-0.25, -0.2) is 4.98 Å². The first-order valence-corrected chi connectivity index (χ1v) is 11.3. The zero-order valence-electron chi connectivity index (χ0n) is 16.4. The molecule has 5 aromatic rings. The van der Waals surface area contributed by atoms with Gasteiger partial charge in [0.25, 0.3) is 0 Å². The summed E-state index contributed by atoms with van der Waals surface area (Å²) in [6.45, 7) is 2.75. The second-order valence-electron chi connectivity index (χ2n) is 7.19. The minimum Gasteiger partial charge on any atom is -0.459 e. The molecule has 30 heavy (non-hydrogen) atoms. The van der Waals surface area contributed by atoms with Crippen molar-refractivity contribution in [1.29, 1.82) is 0 Å². The molecule has 0 spiro atoms. The highest BCUT2D eigenvalue weighted by molar-refractivity contribution is 9.10. The van der Waals surface area contributed by atoms with E-state index < -0.39 is 0 Å². The van der Waals surface area contributed by atoms with E-state index in [4.69, 9.17) is 9.40 Å². The molecule has 1 N–H and O–H groups in total. The molecule has 0 aliphatic rings. The van der Waals surface area contributed by atoms with Gasteiger partial charge in [-0.15, -0.1) is 11.3 Å². The van der Waals surface area contributed by atoms with Gasteiger partial charge in [0.05, 0.1) is 16.8 Å². The molecule has 0 saturated carbocycles. The van der Waals surface area contributed by atoms with Gasteiger partial charge in [-0.1, -0.05) is 34.1 Å². The number of nitrogens with one attached hydrogen (secondary N) is 1. The molecule has 3 nitrogen and oxygen atoms in total. The van der Waals surface area contributed by atoms with E-state index in [2.05, 4.69) is 70.6 Å². The maximum Gasteiger partial charge on any atom is 0.134 e. The van der Waals surface area contributed by atoms with E-state index in [0.717, 1.165) is 43.3 Å². The van der Waals surface area contributed by atoms with Gasteiger partial charge in [0.1, 0.15) is 16.5 Å². The van der Waals surface area contributed by atoms with Crippen molar-refractivity contribution in [3.05, 3.63) is 94.7 Å². The molecule has 0 amide bonds. The standard InChI is InChI=1S/C25H19BrN2OS/c1-16-2-12-22-24(14-16)30-25(28-22)18-5-9-20(10-6-18)27-15-21-11-13-23(29-21)17-3-7-19(26)8-4-17/h2-14,27H,15H2,1H3. The summed E-state index contributed by atoms with van der Waals surface area (Å²) in [4.78, 5) is 4.76. The highest BCUT2D eigenvalue weighted by Gasteiger charge is 2.08. The molecule has 0 unspecified atom stereocenters. The van der Waals surface area contributed by atoms with Crippen molar-refractivity contribution in [3.63, 3.8) is 0 Å². The predicted molar refractivity (Wildman–Crippen MR) is 129 cm³/mol. The summed E-state index contributed by atoms with van der Waals surface area (Å²) in [6.07, 6.45) is 0. The summed E-state index contributed by atoms with van der Waals surface area (Å²) >= 11 is 5.19. The van der Waals surface area contributed by atoms with E-state index in [1.54, 1.807) is 11.3 Å². The zero-order chi connectivity index (χ0) is 20.5. The van der Waals surface area contributed by atoms with Crippen molar-refractivity contribution in [2.45, 2.75) is 13.5 Å². The normalized spacial score (nSPS) is 11.1. The number of hydrogen-bond donors (Lipinski definition) is 1. The first-order chi connectivity index (χ1) is 14.6. The molecule has 0 aliphatic carbocycles. The Morgan fingerprint density at radius 2 is 1.67 bits per heavy atom. The molecule has 3 aromatic carbocycles. The van der Waals surface area contributed by atoms with Crippen LogP contribution in [0.25, 0.3) is 32.1 Å². The van der Waals surface area contributed by atoms with Gasteiger partial charge >= 0.3 is 0 Å². The Morgan fingerprint density at radius 3 is 2.47 bits per heavy atom. The van der Waals surface area contributed by atoms with Gasteiger partial charge in [0, 0.05) is 21.3 Å². The quantitative estimate of drug-likeness (QED) is 0.281. The van der Waals surface area contributed by atoms with Crippen LogP contribution in [0.3, 0.4) is 0 Å². The number of hydrogen-bond acceptors (Lipinski definition) is 4. The van der Waals surface area contributed by atoms with Gasteiger partial charge in [0.2, 0.25) is 0 Å². The predicted octanol–water partition coefficient (Wildman–Crippen LogP) is 7.91. The lowest BCUT2D eigenvalue weighted by Gasteiger charge is -2.05. The van der Waals surface area contributed by atoms with Crippen LogP contribution >= 0.6 is 27.3 Å². The Kier molecular flexibility index (Phi) is 5.15. The highest BCUT2D eigenvalue weighted by Crippen LogP contribution is 2.31. The van der Waals surface area contributed by atoms with Gasteiger partial charge in [-0.2, -0.15) is 0 Å².